The van der Waals surface area contributed by atoms with Crippen LogP contribution in [0.2, 0.25) is 0 Å². The van der Waals surface area contributed by atoms with Crippen LogP contribution in [0.25, 0.3) is 6.08 Å². The largest absolute Gasteiger partial charge is 0.504 e. The van der Waals surface area contributed by atoms with Crippen LogP contribution in [0.4, 0.5) is 0 Å². The number of carboxylic acids is 1. The van der Waals surface area contributed by atoms with Crippen LogP contribution < -0.4 is 0 Å². The molecule has 0 aliphatic carbocycles. The van der Waals surface area contributed by atoms with Gasteiger partial charge in [0.25, 0.3) is 0 Å². The highest BCUT2D eigenvalue weighted by atomic mass is 16.4. The number of aliphatic carboxylic acids is 1. The molecule has 0 radical (unpaired) electrons. The molecule has 2 aromatic carbocycles. The van der Waals surface area contributed by atoms with Gasteiger partial charge in [-0.25, -0.2) is 4.79 Å². The van der Waals surface area contributed by atoms with Crippen LogP contribution >= 0.6 is 0 Å². The molecular weight excluding hydrogens is 280 g/mol. The summed E-state index contributed by atoms with van der Waals surface area (Å²) in [7, 11) is 0. The monoisotopic (exact) mass is 298 g/mol. The molecule has 4 heteroatoms. The Labute approximate surface area is 129 Å². The first kappa shape index (κ1) is 15.6. The molecule has 0 unspecified atom stereocenters. The molecule has 0 bridgehead atoms. The third-order valence-corrected chi connectivity index (χ3v) is 3.37. The molecule has 114 valence electrons. The number of phenolic OH excluding ortho intramolecular Hbond substituents is 2. The van der Waals surface area contributed by atoms with Gasteiger partial charge in [-0.15, -0.1) is 0 Å². The lowest BCUT2D eigenvalue weighted by molar-refractivity contribution is -0.132. The maximum Gasteiger partial charge on any atom is 0.331 e. The van der Waals surface area contributed by atoms with Crippen LogP contribution in [0.3, 0.4) is 0 Å². The summed E-state index contributed by atoms with van der Waals surface area (Å²) in [5.41, 5.74) is 2.00. The molecule has 0 fully saturated rings. The predicted octanol–water partition coefficient (Wildman–Crippen LogP) is 3.59. The Morgan fingerprint density at radius 1 is 1.00 bits per heavy atom. The number of aryl methyl sites for hydroxylation is 1. The van der Waals surface area contributed by atoms with Gasteiger partial charge in [0.2, 0.25) is 0 Å². The molecule has 2 aromatic rings. The van der Waals surface area contributed by atoms with Crippen LogP contribution in [0.15, 0.2) is 54.1 Å². The van der Waals surface area contributed by atoms with Crippen molar-refractivity contribution in [2.24, 2.45) is 0 Å². The van der Waals surface area contributed by atoms with Gasteiger partial charge in [0, 0.05) is 5.57 Å². The molecule has 4 nitrogen and oxygen atoms in total. The van der Waals surface area contributed by atoms with Crippen LogP contribution in [0, 0.1) is 0 Å². The molecule has 0 saturated heterocycles. The lowest BCUT2D eigenvalue weighted by atomic mass is 10.0. The third-order valence-electron chi connectivity index (χ3n) is 3.37. The number of phenols is 2. The molecule has 0 amide bonds. The van der Waals surface area contributed by atoms with Crippen molar-refractivity contribution in [2.45, 2.75) is 19.3 Å². The van der Waals surface area contributed by atoms with E-state index < -0.39 is 5.97 Å². The minimum Gasteiger partial charge on any atom is -0.504 e. The number of aromatic hydroxyl groups is 2. The molecule has 0 aromatic heterocycles. The lowest BCUT2D eigenvalue weighted by Gasteiger charge is -2.05. The Kier molecular flexibility index (Phi) is 5.20. The van der Waals surface area contributed by atoms with E-state index in [1.54, 1.807) is 6.07 Å². The van der Waals surface area contributed by atoms with E-state index in [9.17, 15) is 20.1 Å². The Hall–Kier alpha value is -2.75. The van der Waals surface area contributed by atoms with Crippen molar-refractivity contribution in [3.8, 4) is 11.5 Å². The fraction of sp³-hybridized carbons (Fsp3) is 0.167. The SMILES string of the molecule is O=C(O)/C(=C/c1ccc(O)c(O)c1)CCCc1ccccc1. The van der Waals surface area contributed by atoms with Crippen molar-refractivity contribution in [1.29, 1.82) is 0 Å². The Morgan fingerprint density at radius 3 is 2.36 bits per heavy atom. The van der Waals surface area contributed by atoms with Crippen LogP contribution in [-0.2, 0) is 11.2 Å². The average molecular weight is 298 g/mol. The van der Waals surface area contributed by atoms with Gasteiger partial charge in [-0.3, -0.25) is 0 Å². The molecule has 0 heterocycles. The quantitative estimate of drug-likeness (QED) is 0.562. The minimum absolute atomic E-state index is 0.224. The Balaban J connectivity index is 2.04. The van der Waals surface area contributed by atoms with Gasteiger partial charge in [-0.05, 0) is 48.6 Å². The fourth-order valence-corrected chi connectivity index (χ4v) is 2.20. The molecule has 0 saturated carbocycles. The zero-order chi connectivity index (χ0) is 15.9. The highest BCUT2D eigenvalue weighted by molar-refractivity contribution is 5.92. The summed E-state index contributed by atoms with van der Waals surface area (Å²) in [4.78, 5) is 11.3. The Bertz CT molecular complexity index is 675. The van der Waals surface area contributed by atoms with Crippen LogP contribution in [0.1, 0.15) is 24.0 Å². The standard InChI is InChI=1S/C18H18O4/c19-16-10-9-14(12-17(16)20)11-15(18(21)22)8-4-7-13-5-2-1-3-6-13/h1-3,5-6,9-12,19-20H,4,7-8H2,(H,21,22)/b15-11+. The molecular formula is C18H18O4. The second kappa shape index (κ2) is 7.31. The topological polar surface area (TPSA) is 77.8 Å². The van der Waals surface area contributed by atoms with Crippen molar-refractivity contribution >= 4 is 12.0 Å². The van der Waals surface area contributed by atoms with Crippen molar-refractivity contribution in [3.05, 3.63) is 65.2 Å². The van der Waals surface area contributed by atoms with Crippen molar-refractivity contribution in [2.75, 3.05) is 0 Å². The Morgan fingerprint density at radius 2 is 1.73 bits per heavy atom. The molecule has 22 heavy (non-hydrogen) atoms. The van der Waals surface area contributed by atoms with E-state index in [1.807, 2.05) is 30.3 Å². The van der Waals surface area contributed by atoms with E-state index in [-0.39, 0.29) is 17.1 Å². The van der Waals surface area contributed by atoms with Gasteiger partial charge < -0.3 is 15.3 Å². The van der Waals surface area contributed by atoms with Crippen LogP contribution in [0.5, 0.6) is 11.5 Å². The molecule has 0 aliphatic rings. The van der Waals surface area contributed by atoms with E-state index in [0.717, 1.165) is 12.8 Å². The number of hydrogen-bond donors (Lipinski definition) is 3. The molecule has 0 aliphatic heterocycles. The van der Waals surface area contributed by atoms with Gasteiger partial charge in [-0.2, -0.15) is 0 Å². The van der Waals surface area contributed by atoms with Crippen molar-refractivity contribution < 1.29 is 20.1 Å². The summed E-state index contributed by atoms with van der Waals surface area (Å²) in [5.74, 6) is -1.46. The predicted molar refractivity (Wildman–Crippen MR) is 84.8 cm³/mol. The summed E-state index contributed by atoms with van der Waals surface area (Å²) in [6.45, 7) is 0. The number of benzene rings is 2. The maximum atomic E-state index is 11.3. The normalized spacial score (nSPS) is 11.4. The van der Waals surface area contributed by atoms with E-state index >= 15 is 0 Å². The maximum absolute atomic E-state index is 11.3. The van der Waals surface area contributed by atoms with Gasteiger partial charge >= 0.3 is 5.97 Å². The van der Waals surface area contributed by atoms with Gasteiger partial charge in [0.1, 0.15) is 0 Å². The molecule has 2 rings (SSSR count). The molecule has 0 atom stereocenters. The number of carboxylic acid groups (broad SMARTS) is 1. The average Bonchev–Trinajstić information content (AvgIpc) is 2.51. The minimum atomic E-state index is -0.972. The fourth-order valence-electron chi connectivity index (χ4n) is 2.20. The summed E-state index contributed by atoms with van der Waals surface area (Å²) >= 11 is 0. The zero-order valence-electron chi connectivity index (χ0n) is 12.1. The summed E-state index contributed by atoms with van der Waals surface area (Å²) in [6, 6.07) is 14.1. The second-order valence-electron chi connectivity index (χ2n) is 5.06. The first-order chi connectivity index (χ1) is 10.6. The van der Waals surface area contributed by atoms with Gasteiger partial charge in [0.05, 0.1) is 0 Å². The van der Waals surface area contributed by atoms with Crippen LogP contribution in [-0.4, -0.2) is 21.3 Å². The molecule has 0 spiro atoms. The zero-order valence-corrected chi connectivity index (χ0v) is 12.1. The smallest absolute Gasteiger partial charge is 0.331 e. The van der Waals surface area contributed by atoms with E-state index in [4.69, 9.17) is 0 Å². The number of hydrogen-bond acceptors (Lipinski definition) is 3. The lowest BCUT2D eigenvalue weighted by Crippen LogP contribution is -2.01. The number of carbonyl (C=O) groups is 1. The van der Waals surface area contributed by atoms with E-state index in [0.29, 0.717) is 12.0 Å². The highest BCUT2D eigenvalue weighted by Gasteiger charge is 2.08. The van der Waals surface area contributed by atoms with E-state index in [1.165, 1.54) is 23.8 Å². The van der Waals surface area contributed by atoms with Gasteiger partial charge in [0.15, 0.2) is 11.5 Å². The first-order valence-corrected chi connectivity index (χ1v) is 7.06. The van der Waals surface area contributed by atoms with Crippen molar-refractivity contribution in [1.82, 2.24) is 0 Å². The first-order valence-electron chi connectivity index (χ1n) is 7.06. The van der Waals surface area contributed by atoms with E-state index in [2.05, 4.69) is 0 Å². The van der Waals surface area contributed by atoms with Gasteiger partial charge in [-0.1, -0.05) is 36.4 Å². The highest BCUT2D eigenvalue weighted by Crippen LogP contribution is 2.26. The third kappa shape index (κ3) is 4.38. The van der Waals surface area contributed by atoms with Crippen molar-refractivity contribution in [3.63, 3.8) is 0 Å². The second-order valence-corrected chi connectivity index (χ2v) is 5.06. The molecule has 3 N–H and O–H groups in total. The summed E-state index contributed by atoms with van der Waals surface area (Å²) < 4.78 is 0. The summed E-state index contributed by atoms with van der Waals surface area (Å²) in [5, 5.41) is 28.0. The number of rotatable bonds is 6. The summed E-state index contributed by atoms with van der Waals surface area (Å²) in [6.07, 6.45) is 3.50.